The molecular formula is C10H19N3O. The van der Waals surface area contributed by atoms with Gasteiger partial charge >= 0.3 is 0 Å². The summed E-state index contributed by atoms with van der Waals surface area (Å²) in [6.07, 6.45) is 3.46. The van der Waals surface area contributed by atoms with Gasteiger partial charge in [0.25, 0.3) is 0 Å². The monoisotopic (exact) mass is 197 g/mol. The molecule has 0 saturated heterocycles. The van der Waals surface area contributed by atoms with Gasteiger partial charge in [0.05, 0.1) is 6.10 Å². The first-order valence-corrected chi connectivity index (χ1v) is 5.11. The Labute approximate surface area is 84.8 Å². The van der Waals surface area contributed by atoms with Gasteiger partial charge in [0.15, 0.2) is 0 Å². The smallest absolute Gasteiger partial charge is 0.103 e. The summed E-state index contributed by atoms with van der Waals surface area (Å²) in [5, 5.41) is 12.6. The zero-order chi connectivity index (χ0) is 10.4. The van der Waals surface area contributed by atoms with Crippen LogP contribution in [-0.2, 0) is 6.54 Å². The van der Waals surface area contributed by atoms with Crippen LogP contribution >= 0.6 is 0 Å². The summed E-state index contributed by atoms with van der Waals surface area (Å²) >= 11 is 0. The van der Waals surface area contributed by atoms with Crippen molar-refractivity contribution in [3.63, 3.8) is 0 Å². The van der Waals surface area contributed by atoms with E-state index in [1.165, 1.54) is 0 Å². The summed E-state index contributed by atoms with van der Waals surface area (Å²) in [6, 6.07) is 0. The van der Waals surface area contributed by atoms with E-state index < -0.39 is 0 Å². The Balaban J connectivity index is 2.15. The van der Waals surface area contributed by atoms with Crippen molar-refractivity contribution in [1.82, 2.24) is 15.3 Å². The molecule has 1 heterocycles. The number of aromatic amines is 1. The number of imidazole rings is 1. The van der Waals surface area contributed by atoms with Crippen molar-refractivity contribution in [3.05, 3.63) is 17.7 Å². The van der Waals surface area contributed by atoms with Crippen LogP contribution in [0.1, 0.15) is 31.3 Å². The van der Waals surface area contributed by atoms with E-state index in [0.717, 1.165) is 30.9 Å². The van der Waals surface area contributed by atoms with Gasteiger partial charge in [0, 0.05) is 25.0 Å². The maximum Gasteiger partial charge on any atom is 0.103 e. The number of nitrogens with zero attached hydrogens (tertiary/aromatic N) is 1. The molecule has 0 aromatic carbocycles. The Morgan fingerprint density at radius 1 is 1.64 bits per heavy atom. The predicted octanol–water partition coefficient (Wildman–Crippen LogP) is 0.969. The van der Waals surface area contributed by atoms with Gasteiger partial charge in [0.1, 0.15) is 5.82 Å². The number of hydrogen-bond donors (Lipinski definition) is 3. The molecular weight excluding hydrogens is 178 g/mol. The zero-order valence-corrected chi connectivity index (χ0v) is 8.88. The molecule has 0 aliphatic heterocycles. The molecule has 0 saturated carbocycles. The number of aryl methyl sites for hydroxylation is 1. The number of nitrogens with one attached hydrogen (secondary N) is 2. The highest BCUT2D eigenvalue weighted by molar-refractivity contribution is 4.99. The van der Waals surface area contributed by atoms with Crippen LogP contribution in [0.2, 0.25) is 0 Å². The van der Waals surface area contributed by atoms with Crippen LogP contribution in [0.25, 0.3) is 0 Å². The van der Waals surface area contributed by atoms with E-state index in [-0.39, 0.29) is 6.10 Å². The fourth-order valence-electron chi connectivity index (χ4n) is 1.37. The van der Waals surface area contributed by atoms with Crippen molar-refractivity contribution in [2.75, 3.05) is 6.54 Å². The van der Waals surface area contributed by atoms with E-state index in [1.54, 1.807) is 0 Å². The van der Waals surface area contributed by atoms with Crippen molar-refractivity contribution in [2.45, 2.75) is 39.3 Å². The summed E-state index contributed by atoms with van der Waals surface area (Å²) in [4.78, 5) is 7.22. The van der Waals surface area contributed by atoms with E-state index in [1.807, 2.05) is 13.1 Å². The lowest BCUT2D eigenvalue weighted by molar-refractivity contribution is 0.160. The van der Waals surface area contributed by atoms with Crippen molar-refractivity contribution >= 4 is 0 Å². The number of aliphatic hydroxyl groups is 1. The standard InChI is InChI=1S/C10H19N3O/c1-3-4-10(14)7-11-5-9-6-12-8(2)13-9/h6,10-11,14H,3-5,7H2,1-2H3,(H,12,13). The number of aromatic nitrogens is 2. The van der Waals surface area contributed by atoms with E-state index >= 15 is 0 Å². The van der Waals surface area contributed by atoms with Crippen LogP contribution < -0.4 is 5.32 Å². The topological polar surface area (TPSA) is 60.9 Å². The summed E-state index contributed by atoms with van der Waals surface area (Å²) in [7, 11) is 0. The van der Waals surface area contributed by atoms with Gasteiger partial charge in [-0.2, -0.15) is 0 Å². The lowest BCUT2D eigenvalue weighted by Crippen LogP contribution is -2.26. The van der Waals surface area contributed by atoms with Gasteiger partial charge in [-0.25, -0.2) is 4.98 Å². The summed E-state index contributed by atoms with van der Waals surface area (Å²) in [6.45, 7) is 5.38. The van der Waals surface area contributed by atoms with Crippen molar-refractivity contribution in [3.8, 4) is 0 Å². The molecule has 0 amide bonds. The molecule has 4 nitrogen and oxygen atoms in total. The van der Waals surface area contributed by atoms with Crippen LogP contribution in [0, 0.1) is 6.92 Å². The molecule has 1 aromatic rings. The maximum atomic E-state index is 9.44. The first kappa shape index (κ1) is 11.2. The Bertz CT molecular complexity index is 260. The first-order chi connectivity index (χ1) is 6.72. The molecule has 3 N–H and O–H groups in total. The number of rotatable bonds is 6. The van der Waals surface area contributed by atoms with Crippen LogP contribution in [0.5, 0.6) is 0 Å². The third-order valence-electron chi connectivity index (χ3n) is 2.07. The molecule has 1 unspecified atom stereocenters. The average Bonchev–Trinajstić information content (AvgIpc) is 2.52. The molecule has 0 spiro atoms. The van der Waals surface area contributed by atoms with Gasteiger partial charge in [-0.15, -0.1) is 0 Å². The van der Waals surface area contributed by atoms with E-state index in [9.17, 15) is 5.11 Å². The van der Waals surface area contributed by atoms with Crippen LogP contribution in [0.3, 0.4) is 0 Å². The summed E-state index contributed by atoms with van der Waals surface area (Å²) < 4.78 is 0. The largest absolute Gasteiger partial charge is 0.392 e. The predicted molar refractivity (Wildman–Crippen MR) is 55.9 cm³/mol. The molecule has 80 valence electrons. The number of aliphatic hydroxyl groups excluding tert-OH is 1. The Morgan fingerprint density at radius 2 is 2.43 bits per heavy atom. The molecule has 0 aliphatic carbocycles. The first-order valence-electron chi connectivity index (χ1n) is 5.11. The molecule has 1 aromatic heterocycles. The fourth-order valence-corrected chi connectivity index (χ4v) is 1.37. The minimum Gasteiger partial charge on any atom is -0.392 e. The molecule has 0 bridgehead atoms. The SMILES string of the molecule is CCCC(O)CNCc1cnc(C)[nH]1. The van der Waals surface area contributed by atoms with E-state index in [4.69, 9.17) is 0 Å². The minimum absolute atomic E-state index is 0.232. The van der Waals surface area contributed by atoms with Crippen LogP contribution in [-0.4, -0.2) is 27.7 Å². The molecule has 4 heteroatoms. The highest BCUT2D eigenvalue weighted by atomic mass is 16.3. The highest BCUT2D eigenvalue weighted by Gasteiger charge is 2.02. The third-order valence-corrected chi connectivity index (χ3v) is 2.07. The number of H-pyrrole nitrogens is 1. The van der Waals surface area contributed by atoms with Crippen molar-refractivity contribution in [2.24, 2.45) is 0 Å². The Hall–Kier alpha value is -0.870. The van der Waals surface area contributed by atoms with Gasteiger partial charge in [-0.1, -0.05) is 13.3 Å². The minimum atomic E-state index is -0.232. The normalized spacial score (nSPS) is 13.1. The van der Waals surface area contributed by atoms with Crippen molar-refractivity contribution in [1.29, 1.82) is 0 Å². The lowest BCUT2D eigenvalue weighted by atomic mass is 10.2. The Morgan fingerprint density at radius 3 is 3.00 bits per heavy atom. The molecule has 0 aliphatic rings. The summed E-state index contributed by atoms with van der Waals surface area (Å²) in [5.74, 6) is 0.927. The van der Waals surface area contributed by atoms with E-state index in [0.29, 0.717) is 6.54 Å². The van der Waals surface area contributed by atoms with E-state index in [2.05, 4.69) is 22.2 Å². The maximum absolute atomic E-state index is 9.44. The second kappa shape index (κ2) is 5.78. The lowest BCUT2D eigenvalue weighted by Gasteiger charge is -2.09. The van der Waals surface area contributed by atoms with Crippen molar-refractivity contribution < 1.29 is 5.11 Å². The molecule has 1 atom stereocenters. The molecule has 14 heavy (non-hydrogen) atoms. The van der Waals surface area contributed by atoms with Gasteiger partial charge < -0.3 is 15.4 Å². The van der Waals surface area contributed by atoms with Crippen LogP contribution in [0.4, 0.5) is 0 Å². The van der Waals surface area contributed by atoms with Gasteiger partial charge in [0.2, 0.25) is 0 Å². The number of hydrogen-bond acceptors (Lipinski definition) is 3. The molecule has 1 rings (SSSR count). The fraction of sp³-hybridized carbons (Fsp3) is 0.700. The second-order valence-electron chi connectivity index (χ2n) is 3.57. The Kier molecular flexibility index (Phi) is 4.62. The zero-order valence-electron chi connectivity index (χ0n) is 8.88. The van der Waals surface area contributed by atoms with Gasteiger partial charge in [-0.3, -0.25) is 0 Å². The van der Waals surface area contributed by atoms with Gasteiger partial charge in [-0.05, 0) is 13.3 Å². The van der Waals surface area contributed by atoms with Crippen LogP contribution in [0.15, 0.2) is 6.20 Å². The third kappa shape index (κ3) is 3.89. The second-order valence-corrected chi connectivity index (χ2v) is 3.57. The molecule has 0 radical (unpaired) electrons. The highest BCUT2D eigenvalue weighted by Crippen LogP contribution is 1.97. The molecule has 0 fully saturated rings. The average molecular weight is 197 g/mol. The quantitative estimate of drug-likeness (QED) is 0.637. The summed E-state index contributed by atoms with van der Waals surface area (Å²) in [5.41, 5.74) is 1.06.